The summed E-state index contributed by atoms with van der Waals surface area (Å²) in [5.74, 6) is -0.0978. The number of carbonyl (C=O) groups is 1. The Kier molecular flexibility index (Phi) is 4.33. The minimum Gasteiger partial charge on any atom is -0.362 e. The number of hydrogen-bond donors (Lipinski definition) is 1. The minimum atomic E-state index is -0.0978. The second kappa shape index (κ2) is 5.97. The number of methoxy groups -OCH3 is 1. The lowest BCUT2D eigenvalue weighted by Crippen LogP contribution is -2.43. The summed E-state index contributed by atoms with van der Waals surface area (Å²) >= 11 is 0. The second-order valence-corrected chi connectivity index (χ2v) is 4.71. The third-order valence-electron chi connectivity index (χ3n) is 3.19. The van der Waals surface area contributed by atoms with E-state index in [1.54, 1.807) is 24.1 Å². The van der Waals surface area contributed by atoms with E-state index in [-0.39, 0.29) is 11.9 Å². The van der Waals surface area contributed by atoms with Crippen LogP contribution >= 0.6 is 0 Å². The first-order valence-electron chi connectivity index (χ1n) is 6.21. The fraction of sp³-hybridized carbons (Fsp3) is 0.667. The van der Waals surface area contributed by atoms with Gasteiger partial charge in [0, 0.05) is 19.3 Å². The summed E-state index contributed by atoms with van der Waals surface area (Å²) in [5.41, 5.74) is 0.450. The van der Waals surface area contributed by atoms with Crippen LogP contribution < -0.4 is 5.32 Å². The maximum absolute atomic E-state index is 12.0. The van der Waals surface area contributed by atoms with Crippen molar-refractivity contribution in [3.05, 3.63) is 18.0 Å². The molecule has 6 nitrogen and oxygen atoms in total. The van der Waals surface area contributed by atoms with E-state index < -0.39 is 0 Å². The largest absolute Gasteiger partial charge is 0.362 e. The van der Waals surface area contributed by atoms with Gasteiger partial charge in [-0.2, -0.15) is 5.10 Å². The van der Waals surface area contributed by atoms with Crippen molar-refractivity contribution in [1.82, 2.24) is 20.0 Å². The van der Waals surface area contributed by atoms with Crippen LogP contribution in [0.15, 0.2) is 12.3 Å². The summed E-state index contributed by atoms with van der Waals surface area (Å²) in [5, 5.41) is 7.18. The van der Waals surface area contributed by atoms with Crippen molar-refractivity contribution in [1.29, 1.82) is 0 Å². The summed E-state index contributed by atoms with van der Waals surface area (Å²) in [6.45, 7) is 2.42. The van der Waals surface area contributed by atoms with E-state index in [2.05, 4.69) is 22.4 Å². The first-order valence-corrected chi connectivity index (χ1v) is 6.21. The molecule has 18 heavy (non-hydrogen) atoms. The predicted molar refractivity (Wildman–Crippen MR) is 67.2 cm³/mol. The molecule has 1 amide bonds. The highest BCUT2D eigenvalue weighted by molar-refractivity contribution is 5.92. The van der Waals surface area contributed by atoms with Crippen LogP contribution in [0.4, 0.5) is 0 Å². The number of amides is 1. The highest BCUT2D eigenvalue weighted by Crippen LogP contribution is 2.09. The zero-order valence-corrected chi connectivity index (χ0v) is 10.9. The van der Waals surface area contributed by atoms with Crippen molar-refractivity contribution >= 4 is 5.91 Å². The summed E-state index contributed by atoms with van der Waals surface area (Å²) < 4.78 is 6.55. The van der Waals surface area contributed by atoms with Crippen LogP contribution in [0.3, 0.4) is 0 Å². The van der Waals surface area contributed by atoms with Crippen LogP contribution in [0, 0.1) is 0 Å². The van der Waals surface area contributed by atoms with Crippen molar-refractivity contribution in [2.24, 2.45) is 0 Å². The van der Waals surface area contributed by atoms with Gasteiger partial charge in [0.1, 0.15) is 12.4 Å². The Morgan fingerprint density at radius 3 is 2.94 bits per heavy atom. The normalized spacial score (nSPS) is 17.9. The lowest BCUT2D eigenvalue weighted by molar-refractivity contribution is 0.0904. The molecule has 0 aromatic carbocycles. The fourth-order valence-electron chi connectivity index (χ4n) is 2.10. The molecule has 0 saturated carbocycles. The van der Waals surface area contributed by atoms with Crippen LogP contribution in [-0.4, -0.2) is 53.9 Å². The summed E-state index contributed by atoms with van der Waals surface area (Å²) in [7, 11) is 3.70. The molecular weight excluding hydrogens is 232 g/mol. The number of piperidine rings is 1. The zero-order valence-electron chi connectivity index (χ0n) is 10.9. The van der Waals surface area contributed by atoms with Crippen LogP contribution in [-0.2, 0) is 11.5 Å². The molecule has 0 atom stereocenters. The van der Waals surface area contributed by atoms with Crippen LogP contribution in [0.1, 0.15) is 23.3 Å². The molecule has 0 aliphatic carbocycles. The average Bonchev–Trinajstić information content (AvgIpc) is 2.81. The van der Waals surface area contributed by atoms with Gasteiger partial charge in [-0.1, -0.05) is 0 Å². The Bertz CT molecular complexity index is 397. The van der Waals surface area contributed by atoms with Crippen molar-refractivity contribution in [3.63, 3.8) is 0 Å². The van der Waals surface area contributed by atoms with Crippen molar-refractivity contribution in [2.75, 3.05) is 27.2 Å². The van der Waals surface area contributed by atoms with Gasteiger partial charge in [0.25, 0.3) is 5.91 Å². The highest BCUT2D eigenvalue weighted by atomic mass is 16.5. The topological polar surface area (TPSA) is 59.4 Å². The minimum absolute atomic E-state index is 0.0978. The molecule has 0 spiro atoms. The zero-order chi connectivity index (χ0) is 13.0. The molecule has 2 heterocycles. The number of likely N-dealkylation sites (tertiary alicyclic amines) is 1. The maximum Gasteiger partial charge on any atom is 0.271 e. The predicted octanol–water partition coefficient (Wildman–Crippen LogP) is 0.311. The summed E-state index contributed by atoms with van der Waals surface area (Å²) in [6, 6.07) is 1.98. The smallest absolute Gasteiger partial charge is 0.271 e. The Labute approximate surface area is 107 Å². The molecule has 0 radical (unpaired) electrons. The Balaban J connectivity index is 1.86. The van der Waals surface area contributed by atoms with Crippen molar-refractivity contribution < 1.29 is 9.53 Å². The third-order valence-corrected chi connectivity index (χ3v) is 3.19. The number of hydrogen-bond acceptors (Lipinski definition) is 4. The van der Waals surface area contributed by atoms with Gasteiger partial charge < -0.3 is 15.0 Å². The standard InChI is InChI=1S/C12H20N4O2/c1-15-6-3-10(4-7-15)13-12(17)11-5-8-16(14-11)9-18-2/h5,8,10H,3-4,6-7,9H2,1-2H3,(H,13,17). The monoisotopic (exact) mass is 252 g/mol. The lowest BCUT2D eigenvalue weighted by Gasteiger charge is -2.29. The van der Waals surface area contributed by atoms with Crippen LogP contribution in [0.5, 0.6) is 0 Å². The van der Waals surface area contributed by atoms with Gasteiger partial charge in [-0.25, -0.2) is 4.68 Å². The van der Waals surface area contributed by atoms with Gasteiger partial charge >= 0.3 is 0 Å². The number of carbonyl (C=O) groups excluding carboxylic acids is 1. The molecule has 6 heteroatoms. The van der Waals surface area contributed by atoms with E-state index in [1.807, 2.05) is 0 Å². The van der Waals surface area contributed by atoms with E-state index in [0.717, 1.165) is 25.9 Å². The van der Waals surface area contributed by atoms with Gasteiger partial charge in [0.15, 0.2) is 0 Å². The molecule has 1 N–H and O–H groups in total. The number of rotatable bonds is 4. The number of aromatic nitrogens is 2. The van der Waals surface area contributed by atoms with Gasteiger partial charge in [0.2, 0.25) is 0 Å². The van der Waals surface area contributed by atoms with E-state index in [9.17, 15) is 4.79 Å². The molecule has 100 valence electrons. The molecule has 1 aromatic heterocycles. The second-order valence-electron chi connectivity index (χ2n) is 4.71. The molecule has 1 aliphatic heterocycles. The average molecular weight is 252 g/mol. The Morgan fingerprint density at radius 2 is 2.28 bits per heavy atom. The first kappa shape index (κ1) is 13.0. The van der Waals surface area contributed by atoms with E-state index in [0.29, 0.717) is 12.4 Å². The molecule has 1 aromatic rings. The Morgan fingerprint density at radius 1 is 1.56 bits per heavy atom. The van der Waals surface area contributed by atoms with Crippen LogP contribution in [0.2, 0.25) is 0 Å². The van der Waals surface area contributed by atoms with Crippen molar-refractivity contribution in [3.8, 4) is 0 Å². The summed E-state index contributed by atoms with van der Waals surface area (Å²) in [4.78, 5) is 14.2. The van der Waals surface area contributed by atoms with Crippen molar-refractivity contribution in [2.45, 2.75) is 25.6 Å². The van der Waals surface area contributed by atoms with E-state index >= 15 is 0 Å². The molecule has 2 rings (SSSR count). The number of nitrogens with one attached hydrogen (secondary N) is 1. The third kappa shape index (κ3) is 3.30. The molecule has 1 saturated heterocycles. The number of ether oxygens (including phenoxy) is 1. The van der Waals surface area contributed by atoms with E-state index in [4.69, 9.17) is 4.74 Å². The first-order chi connectivity index (χ1) is 8.69. The van der Waals surface area contributed by atoms with Gasteiger partial charge in [-0.3, -0.25) is 4.79 Å². The molecule has 1 aliphatic rings. The quantitative estimate of drug-likeness (QED) is 0.838. The van der Waals surface area contributed by atoms with Gasteiger partial charge in [-0.15, -0.1) is 0 Å². The summed E-state index contributed by atoms with van der Waals surface area (Å²) in [6.07, 6.45) is 3.75. The fourth-order valence-corrected chi connectivity index (χ4v) is 2.10. The molecule has 0 unspecified atom stereocenters. The van der Waals surface area contributed by atoms with Gasteiger partial charge in [-0.05, 0) is 39.0 Å². The Hall–Kier alpha value is -1.40. The van der Waals surface area contributed by atoms with E-state index in [1.165, 1.54) is 0 Å². The van der Waals surface area contributed by atoms with Gasteiger partial charge in [0.05, 0.1) is 0 Å². The van der Waals surface area contributed by atoms with Crippen LogP contribution in [0.25, 0.3) is 0 Å². The molecule has 1 fully saturated rings. The number of nitrogens with zero attached hydrogens (tertiary/aromatic N) is 3. The maximum atomic E-state index is 12.0. The molecule has 0 bridgehead atoms. The molecular formula is C12H20N4O2. The highest BCUT2D eigenvalue weighted by Gasteiger charge is 2.20. The SMILES string of the molecule is COCn1ccc(C(=O)NC2CCN(C)CC2)n1. The lowest BCUT2D eigenvalue weighted by atomic mass is 10.1.